The number of pyridine rings is 1. The van der Waals surface area contributed by atoms with E-state index in [1.807, 2.05) is 53.4 Å². The molecular formula is C24H23FN2O. The highest BCUT2D eigenvalue weighted by molar-refractivity contribution is 5.79. The molecule has 4 heteroatoms. The lowest BCUT2D eigenvalue weighted by Gasteiger charge is -2.32. The molecule has 0 saturated carbocycles. The van der Waals surface area contributed by atoms with E-state index in [9.17, 15) is 9.18 Å². The van der Waals surface area contributed by atoms with Gasteiger partial charge in [0.2, 0.25) is 5.91 Å². The van der Waals surface area contributed by atoms with Crippen molar-refractivity contribution in [2.45, 2.75) is 25.2 Å². The van der Waals surface area contributed by atoms with Gasteiger partial charge in [0, 0.05) is 30.3 Å². The summed E-state index contributed by atoms with van der Waals surface area (Å²) >= 11 is 0. The van der Waals surface area contributed by atoms with E-state index in [1.165, 1.54) is 12.1 Å². The number of nitrogens with zero attached hydrogens (tertiary/aromatic N) is 2. The molecule has 1 saturated heterocycles. The highest BCUT2D eigenvalue weighted by Crippen LogP contribution is 2.28. The highest BCUT2D eigenvalue weighted by Gasteiger charge is 2.25. The van der Waals surface area contributed by atoms with E-state index in [2.05, 4.69) is 0 Å². The molecule has 1 aromatic heterocycles. The van der Waals surface area contributed by atoms with Gasteiger partial charge < -0.3 is 4.90 Å². The van der Waals surface area contributed by atoms with E-state index in [1.54, 1.807) is 12.1 Å². The molecular weight excluding hydrogens is 351 g/mol. The number of hydrogen-bond donors (Lipinski definition) is 0. The predicted molar refractivity (Wildman–Crippen MR) is 108 cm³/mol. The van der Waals surface area contributed by atoms with Gasteiger partial charge in [0.15, 0.2) is 0 Å². The molecule has 2 heterocycles. The number of piperidine rings is 1. The zero-order chi connectivity index (χ0) is 19.3. The molecule has 1 atom stereocenters. The first-order valence-corrected chi connectivity index (χ1v) is 9.73. The molecule has 1 aliphatic rings. The van der Waals surface area contributed by atoms with Crippen LogP contribution in [0, 0.1) is 5.82 Å². The van der Waals surface area contributed by atoms with Gasteiger partial charge in [0.25, 0.3) is 0 Å². The fourth-order valence-electron chi connectivity index (χ4n) is 3.79. The van der Waals surface area contributed by atoms with E-state index in [0.717, 1.165) is 41.9 Å². The minimum atomic E-state index is -0.250. The van der Waals surface area contributed by atoms with E-state index >= 15 is 0 Å². The van der Waals surface area contributed by atoms with Gasteiger partial charge in [0.1, 0.15) is 5.82 Å². The molecule has 0 bridgehead atoms. The molecule has 1 fully saturated rings. The zero-order valence-electron chi connectivity index (χ0n) is 15.7. The number of rotatable bonds is 4. The van der Waals surface area contributed by atoms with E-state index < -0.39 is 0 Å². The van der Waals surface area contributed by atoms with Crippen LogP contribution >= 0.6 is 0 Å². The van der Waals surface area contributed by atoms with Crippen LogP contribution in [0.3, 0.4) is 0 Å². The summed E-state index contributed by atoms with van der Waals surface area (Å²) in [7, 11) is 0. The fraction of sp³-hybridized carbons (Fsp3) is 0.250. The minimum Gasteiger partial charge on any atom is -0.342 e. The quantitative estimate of drug-likeness (QED) is 0.655. The zero-order valence-corrected chi connectivity index (χ0v) is 15.7. The molecule has 4 rings (SSSR count). The second-order valence-corrected chi connectivity index (χ2v) is 7.30. The van der Waals surface area contributed by atoms with Gasteiger partial charge in [-0.15, -0.1) is 0 Å². The Morgan fingerprint density at radius 1 is 1.00 bits per heavy atom. The monoisotopic (exact) mass is 374 g/mol. The average molecular weight is 374 g/mol. The number of hydrogen-bond acceptors (Lipinski definition) is 2. The van der Waals surface area contributed by atoms with Crippen LogP contribution in [0.1, 0.15) is 30.0 Å². The van der Waals surface area contributed by atoms with Crippen molar-refractivity contribution in [1.82, 2.24) is 9.88 Å². The molecule has 3 aromatic rings. The summed E-state index contributed by atoms with van der Waals surface area (Å²) in [4.78, 5) is 19.5. The highest BCUT2D eigenvalue weighted by atomic mass is 19.1. The molecule has 0 N–H and O–H groups in total. The van der Waals surface area contributed by atoms with E-state index in [0.29, 0.717) is 13.0 Å². The van der Waals surface area contributed by atoms with Crippen LogP contribution < -0.4 is 0 Å². The third-order valence-corrected chi connectivity index (χ3v) is 5.30. The summed E-state index contributed by atoms with van der Waals surface area (Å²) in [5.74, 6) is 0.152. The molecule has 142 valence electrons. The Morgan fingerprint density at radius 2 is 1.79 bits per heavy atom. The summed E-state index contributed by atoms with van der Waals surface area (Å²) in [6.45, 7) is 1.51. The van der Waals surface area contributed by atoms with Gasteiger partial charge in [-0.1, -0.05) is 36.4 Å². The Hall–Kier alpha value is -3.01. The molecule has 0 spiro atoms. The number of carbonyl (C=O) groups excluding carboxylic acids is 1. The molecule has 0 radical (unpaired) electrons. The first-order valence-electron chi connectivity index (χ1n) is 9.73. The van der Waals surface area contributed by atoms with E-state index in [4.69, 9.17) is 4.98 Å². The van der Waals surface area contributed by atoms with Crippen molar-refractivity contribution in [1.29, 1.82) is 0 Å². The molecule has 2 aromatic carbocycles. The lowest BCUT2D eigenvalue weighted by molar-refractivity contribution is -0.131. The third-order valence-electron chi connectivity index (χ3n) is 5.30. The summed E-state index contributed by atoms with van der Waals surface area (Å²) in [6, 6.07) is 22.2. The lowest BCUT2D eigenvalue weighted by Crippen LogP contribution is -2.40. The average Bonchev–Trinajstić information content (AvgIpc) is 2.75. The molecule has 1 unspecified atom stereocenters. The first-order chi connectivity index (χ1) is 13.7. The Labute approximate surface area is 164 Å². The van der Waals surface area contributed by atoms with Gasteiger partial charge >= 0.3 is 0 Å². The maximum atomic E-state index is 13.2. The first kappa shape index (κ1) is 18.4. The second kappa shape index (κ2) is 8.34. The summed E-state index contributed by atoms with van der Waals surface area (Å²) in [5, 5.41) is 0. The Morgan fingerprint density at radius 3 is 2.57 bits per heavy atom. The van der Waals surface area contributed by atoms with Crippen LogP contribution in [0.2, 0.25) is 0 Å². The number of benzene rings is 2. The minimum absolute atomic E-state index is 0.172. The number of halogens is 1. The third kappa shape index (κ3) is 4.28. The molecule has 28 heavy (non-hydrogen) atoms. The van der Waals surface area contributed by atoms with Crippen LogP contribution in [0.15, 0.2) is 72.8 Å². The summed E-state index contributed by atoms with van der Waals surface area (Å²) in [6.07, 6.45) is 2.44. The molecule has 1 amide bonds. The molecule has 0 aliphatic carbocycles. The largest absolute Gasteiger partial charge is 0.342 e. The van der Waals surface area contributed by atoms with Gasteiger partial charge in [-0.25, -0.2) is 4.39 Å². The summed E-state index contributed by atoms with van der Waals surface area (Å²) in [5.41, 5.74) is 3.78. The van der Waals surface area contributed by atoms with Crippen LogP contribution in [-0.4, -0.2) is 28.9 Å². The lowest BCUT2D eigenvalue weighted by atomic mass is 9.93. The summed E-state index contributed by atoms with van der Waals surface area (Å²) < 4.78 is 13.2. The number of amides is 1. The molecule has 1 aliphatic heterocycles. The van der Waals surface area contributed by atoms with Crippen molar-refractivity contribution < 1.29 is 9.18 Å². The van der Waals surface area contributed by atoms with Crippen molar-refractivity contribution in [3.05, 3.63) is 89.9 Å². The SMILES string of the molecule is O=C(Cc1ccccc1)N1CCCC(c2cccc(-c3ccc(F)cc3)n2)C1. The second-order valence-electron chi connectivity index (χ2n) is 7.30. The standard InChI is InChI=1S/C24H23FN2O/c25-21-13-11-19(12-14-21)22-9-4-10-23(26-22)20-8-5-15-27(17-20)24(28)16-18-6-2-1-3-7-18/h1-4,6-7,9-14,20H,5,8,15-17H2. The van der Waals surface area contributed by atoms with Crippen molar-refractivity contribution in [2.24, 2.45) is 0 Å². The maximum absolute atomic E-state index is 13.2. The normalized spacial score (nSPS) is 16.8. The fourth-order valence-corrected chi connectivity index (χ4v) is 3.79. The van der Waals surface area contributed by atoms with Gasteiger partial charge in [-0.05, 0) is 54.8 Å². The van der Waals surface area contributed by atoms with Crippen LogP contribution in [0.4, 0.5) is 4.39 Å². The van der Waals surface area contributed by atoms with Crippen LogP contribution in [-0.2, 0) is 11.2 Å². The van der Waals surface area contributed by atoms with Gasteiger partial charge in [-0.2, -0.15) is 0 Å². The van der Waals surface area contributed by atoms with Crippen LogP contribution in [0.5, 0.6) is 0 Å². The van der Waals surface area contributed by atoms with E-state index in [-0.39, 0.29) is 17.6 Å². The number of carbonyl (C=O) groups is 1. The molecule has 3 nitrogen and oxygen atoms in total. The smallest absolute Gasteiger partial charge is 0.227 e. The van der Waals surface area contributed by atoms with Crippen molar-refractivity contribution >= 4 is 5.91 Å². The maximum Gasteiger partial charge on any atom is 0.227 e. The Kier molecular flexibility index (Phi) is 5.47. The van der Waals surface area contributed by atoms with Gasteiger partial charge in [-0.3, -0.25) is 9.78 Å². The number of likely N-dealkylation sites (tertiary alicyclic amines) is 1. The number of aromatic nitrogens is 1. The van der Waals surface area contributed by atoms with Crippen molar-refractivity contribution in [2.75, 3.05) is 13.1 Å². The van der Waals surface area contributed by atoms with Gasteiger partial charge in [0.05, 0.1) is 12.1 Å². The van der Waals surface area contributed by atoms with Crippen molar-refractivity contribution in [3.63, 3.8) is 0 Å². The Balaban J connectivity index is 1.48. The van der Waals surface area contributed by atoms with Crippen LogP contribution in [0.25, 0.3) is 11.3 Å². The Bertz CT molecular complexity index is 940. The predicted octanol–water partition coefficient (Wildman–Crippen LogP) is 4.84. The van der Waals surface area contributed by atoms with Crippen molar-refractivity contribution in [3.8, 4) is 11.3 Å². The topological polar surface area (TPSA) is 33.2 Å².